The van der Waals surface area contributed by atoms with Gasteiger partial charge in [-0.2, -0.15) is 5.26 Å². The van der Waals surface area contributed by atoms with Crippen LogP contribution in [0.4, 0.5) is 0 Å². The molecule has 0 aromatic heterocycles. The average Bonchev–Trinajstić information content (AvgIpc) is 2.92. The van der Waals surface area contributed by atoms with Gasteiger partial charge in [0.05, 0.1) is 35.7 Å². The van der Waals surface area contributed by atoms with Crippen LogP contribution >= 0.6 is 0 Å². The van der Waals surface area contributed by atoms with Crippen LogP contribution in [0.2, 0.25) is 0 Å². The van der Waals surface area contributed by atoms with Gasteiger partial charge in [-0.3, -0.25) is 19.2 Å². The highest BCUT2D eigenvalue weighted by atomic mass is 16.7. The molecule has 10 atom stereocenters. The number of ether oxygens (including phenoxy) is 4. The summed E-state index contributed by atoms with van der Waals surface area (Å²) in [6.07, 6.45) is -2.26. The topological polar surface area (TPSA) is 132 Å². The molecule has 0 bridgehead atoms. The molecule has 0 spiro atoms. The summed E-state index contributed by atoms with van der Waals surface area (Å²) in [5.41, 5.74) is -0.447. The van der Waals surface area contributed by atoms with Gasteiger partial charge in [-0.05, 0) is 66.6 Å². The molecule has 42 heavy (non-hydrogen) atoms. The first-order chi connectivity index (χ1) is 19.5. The van der Waals surface area contributed by atoms with E-state index in [1.807, 2.05) is 32.8 Å². The van der Waals surface area contributed by atoms with E-state index in [1.165, 1.54) is 14.0 Å². The number of methoxy groups -OCH3 is 1. The van der Waals surface area contributed by atoms with Gasteiger partial charge >= 0.3 is 5.97 Å². The van der Waals surface area contributed by atoms with Crippen LogP contribution in [0.25, 0.3) is 0 Å². The smallest absolute Gasteiger partial charge is 0.313 e. The lowest BCUT2D eigenvalue weighted by Crippen LogP contribution is -2.58. The predicted molar refractivity (Wildman–Crippen MR) is 156 cm³/mol. The van der Waals surface area contributed by atoms with E-state index in [0.29, 0.717) is 18.4 Å². The Kier molecular flexibility index (Phi) is 12.6. The molecule has 2 aliphatic heterocycles. The minimum atomic E-state index is -1.20. The van der Waals surface area contributed by atoms with Gasteiger partial charge in [-0.25, -0.2) is 0 Å². The number of nitrogens with zero attached hydrogens (tertiary/aromatic N) is 2. The highest BCUT2D eigenvalue weighted by Gasteiger charge is 2.49. The molecule has 2 rings (SSSR count). The first-order valence-corrected chi connectivity index (χ1v) is 14.9. The van der Waals surface area contributed by atoms with E-state index in [0.717, 1.165) is 0 Å². The van der Waals surface area contributed by atoms with Crippen molar-refractivity contribution >= 4 is 23.3 Å². The third-order valence-electron chi connectivity index (χ3n) is 9.14. The highest BCUT2D eigenvalue weighted by Crippen LogP contribution is 2.38. The third-order valence-corrected chi connectivity index (χ3v) is 9.14. The minimum Gasteiger partial charge on any atom is -0.457 e. The molecule has 10 nitrogen and oxygen atoms in total. The van der Waals surface area contributed by atoms with Crippen molar-refractivity contribution in [3.8, 4) is 6.07 Å². The van der Waals surface area contributed by atoms with Crippen LogP contribution in [0.15, 0.2) is 11.1 Å². The van der Waals surface area contributed by atoms with E-state index in [1.54, 1.807) is 34.6 Å². The molecule has 0 aromatic rings. The van der Waals surface area contributed by atoms with Crippen LogP contribution in [-0.2, 0) is 38.1 Å². The monoisotopic (exact) mass is 590 g/mol. The second-order valence-electron chi connectivity index (χ2n) is 12.5. The van der Waals surface area contributed by atoms with Crippen molar-refractivity contribution in [2.45, 2.75) is 117 Å². The first kappa shape index (κ1) is 35.7. The molecule has 1 fully saturated rings. The molecule has 0 N–H and O–H groups in total. The normalized spacial score (nSPS) is 39.4. The van der Waals surface area contributed by atoms with E-state index < -0.39 is 65.9 Å². The van der Waals surface area contributed by atoms with Gasteiger partial charge in [-0.15, -0.1) is 0 Å². The van der Waals surface area contributed by atoms with E-state index in [2.05, 4.69) is 6.07 Å². The van der Waals surface area contributed by atoms with Crippen LogP contribution < -0.4 is 0 Å². The molecule has 0 amide bonds. The zero-order valence-electron chi connectivity index (χ0n) is 27.2. The van der Waals surface area contributed by atoms with Gasteiger partial charge in [0.25, 0.3) is 0 Å². The van der Waals surface area contributed by atoms with Gasteiger partial charge in [0, 0.05) is 30.6 Å². The Bertz CT molecular complexity index is 1090. The van der Waals surface area contributed by atoms with Crippen molar-refractivity contribution in [1.29, 1.82) is 5.26 Å². The van der Waals surface area contributed by atoms with Crippen molar-refractivity contribution < 1.29 is 38.1 Å². The van der Waals surface area contributed by atoms with E-state index in [4.69, 9.17) is 18.9 Å². The Morgan fingerprint density at radius 1 is 1.17 bits per heavy atom. The SMILES string of the molecule is CC[C@H]1OC(=O)CC(=O)[C@H](C)[C@@H](OC2O[C@H](C)C[C@H](N(C)C)[C@H]2C(C)=O)[C@@](C)(OC)C[C@@H](C)C(=O)[C@@H](C)/C(C#N)=C/1C. The number of allylic oxidation sites excluding steroid dienone is 1. The van der Waals surface area contributed by atoms with Crippen molar-refractivity contribution in [3.05, 3.63) is 11.1 Å². The Morgan fingerprint density at radius 3 is 2.29 bits per heavy atom. The molecule has 0 aliphatic carbocycles. The number of cyclic esters (lactones) is 1. The number of nitriles is 1. The average molecular weight is 591 g/mol. The van der Waals surface area contributed by atoms with E-state index >= 15 is 0 Å². The fraction of sp³-hybridized carbons (Fsp3) is 0.781. The number of rotatable bonds is 6. The summed E-state index contributed by atoms with van der Waals surface area (Å²) >= 11 is 0. The summed E-state index contributed by atoms with van der Waals surface area (Å²) in [6, 6.07) is 2.00. The van der Waals surface area contributed by atoms with Crippen molar-refractivity contribution in [1.82, 2.24) is 4.90 Å². The fourth-order valence-corrected chi connectivity index (χ4v) is 6.53. The molecule has 0 radical (unpaired) electrons. The maximum absolute atomic E-state index is 13.7. The lowest BCUT2D eigenvalue weighted by atomic mass is 9.76. The standard InChI is InChI=1S/C32H50N2O8/c1-12-26-19(4)23(16-33)20(5)29(38)17(2)15-32(8,39-11)30(21(6)25(36)14-27(37)41-26)42-31-28(22(7)35)24(34(9)10)13-18(3)40-31/h17-18,20-21,24,26,28,30-31H,12-15H2,1-11H3/b23-19+/t17-,18-,20+,21+,24+,26-,28-,30-,31?,32+/m1/s1. The number of ketones is 3. The van der Waals surface area contributed by atoms with Crippen LogP contribution in [0.5, 0.6) is 0 Å². The number of carbonyl (C=O) groups excluding carboxylic acids is 4. The summed E-state index contributed by atoms with van der Waals surface area (Å²) < 4.78 is 24.5. The van der Waals surface area contributed by atoms with Crippen LogP contribution in [0.3, 0.4) is 0 Å². The molecular formula is C32H50N2O8. The first-order valence-electron chi connectivity index (χ1n) is 14.9. The molecule has 2 aliphatic rings. The highest BCUT2D eigenvalue weighted by molar-refractivity contribution is 5.97. The predicted octanol–water partition coefficient (Wildman–Crippen LogP) is 4.05. The van der Waals surface area contributed by atoms with Crippen molar-refractivity contribution in [3.63, 3.8) is 0 Å². The Hall–Kier alpha value is -2.45. The number of carbonyl (C=O) groups is 4. The Labute approximate surface area is 251 Å². The summed E-state index contributed by atoms with van der Waals surface area (Å²) in [4.78, 5) is 55.2. The summed E-state index contributed by atoms with van der Waals surface area (Å²) in [7, 11) is 5.29. The van der Waals surface area contributed by atoms with Crippen LogP contribution in [0, 0.1) is 35.0 Å². The molecule has 0 saturated carbocycles. The number of hydrogen-bond acceptors (Lipinski definition) is 10. The number of Topliss-reactive ketones (excluding diaryl/α,β-unsaturated/α-hetero) is 3. The minimum absolute atomic E-state index is 0.109. The lowest BCUT2D eigenvalue weighted by molar-refractivity contribution is -0.278. The van der Waals surface area contributed by atoms with Crippen LogP contribution in [0.1, 0.15) is 81.1 Å². The Balaban J connectivity index is 2.65. The van der Waals surface area contributed by atoms with Crippen molar-refractivity contribution in [2.24, 2.45) is 23.7 Å². The quantitative estimate of drug-likeness (QED) is 0.330. The summed E-state index contributed by atoms with van der Waals surface area (Å²) in [5, 5.41) is 9.98. The van der Waals surface area contributed by atoms with E-state index in [9.17, 15) is 24.4 Å². The summed E-state index contributed by atoms with van der Waals surface area (Å²) in [5.74, 6) is -4.27. The zero-order chi connectivity index (χ0) is 32.1. The second kappa shape index (κ2) is 14.8. The molecule has 10 heteroatoms. The summed E-state index contributed by atoms with van der Waals surface area (Å²) in [6.45, 7) is 13.8. The van der Waals surface area contributed by atoms with Crippen molar-refractivity contribution in [2.75, 3.05) is 21.2 Å². The molecule has 0 aromatic carbocycles. The lowest BCUT2D eigenvalue weighted by Gasteiger charge is -2.47. The Morgan fingerprint density at radius 2 is 1.79 bits per heavy atom. The number of hydrogen-bond donors (Lipinski definition) is 0. The zero-order valence-corrected chi connectivity index (χ0v) is 27.2. The molecule has 236 valence electrons. The maximum Gasteiger partial charge on any atom is 0.313 e. The maximum atomic E-state index is 13.7. The van der Waals surface area contributed by atoms with Gasteiger partial charge in [0.1, 0.15) is 29.9 Å². The van der Waals surface area contributed by atoms with Gasteiger partial charge in [0.2, 0.25) is 0 Å². The van der Waals surface area contributed by atoms with Gasteiger partial charge in [-0.1, -0.05) is 27.7 Å². The molecular weight excluding hydrogens is 540 g/mol. The molecule has 1 saturated heterocycles. The second-order valence-corrected chi connectivity index (χ2v) is 12.5. The van der Waals surface area contributed by atoms with Crippen LogP contribution in [-0.4, -0.2) is 85.7 Å². The molecule has 1 unspecified atom stereocenters. The van der Waals surface area contributed by atoms with E-state index in [-0.39, 0.29) is 35.7 Å². The largest absolute Gasteiger partial charge is 0.457 e. The number of esters is 1. The van der Waals surface area contributed by atoms with Gasteiger partial charge in [0.15, 0.2) is 6.29 Å². The molecule has 2 heterocycles. The third kappa shape index (κ3) is 7.93. The fourth-order valence-electron chi connectivity index (χ4n) is 6.53. The van der Waals surface area contributed by atoms with Gasteiger partial charge < -0.3 is 23.8 Å².